The highest BCUT2D eigenvalue weighted by Crippen LogP contribution is 2.10. The number of thiazole rings is 1. The van der Waals surface area contributed by atoms with E-state index in [9.17, 15) is 4.79 Å². The van der Waals surface area contributed by atoms with Crippen LogP contribution in [0.5, 0.6) is 0 Å². The first-order chi connectivity index (χ1) is 7.74. The Labute approximate surface area is 97.4 Å². The first-order valence-corrected chi connectivity index (χ1v) is 5.73. The van der Waals surface area contributed by atoms with Gasteiger partial charge in [0, 0.05) is 29.2 Å². The molecular weight excluding hydrogens is 222 g/mol. The summed E-state index contributed by atoms with van der Waals surface area (Å²) in [6, 6.07) is 3.51. The van der Waals surface area contributed by atoms with Gasteiger partial charge in [0.15, 0.2) is 0 Å². The Morgan fingerprint density at radius 2 is 2.19 bits per heavy atom. The van der Waals surface area contributed by atoms with Crippen LogP contribution < -0.4 is 5.32 Å². The van der Waals surface area contributed by atoms with Crippen molar-refractivity contribution in [3.8, 4) is 0 Å². The van der Waals surface area contributed by atoms with Crippen molar-refractivity contribution in [2.75, 3.05) is 5.32 Å². The molecule has 2 rings (SSSR count). The maximum Gasteiger partial charge on any atom is 0.231 e. The summed E-state index contributed by atoms with van der Waals surface area (Å²) < 4.78 is 0. The molecule has 4 nitrogen and oxygen atoms in total. The number of carbonyl (C=O) groups excluding carboxylic acids is 1. The van der Waals surface area contributed by atoms with Crippen molar-refractivity contribution in [2.24, 2.45) is 0 Å². The third-order valence-corrected chi connectivity index (χ3v) is 2.91. The predicted octanol–water partition coefficient (Wildman–Crippen LogP) is 2.03. The number of nitrogens with zero attached hydrogens (tertiary/aromatic N) is 2. The molecule has 0 saturated carbocycles. The number of carbonyl (C=O) groups is 1. The minimum Gasteiger partial charge on any atom is -0.326 e. The molecule has 2 heterocycles. The maximum absolute atomic E-state index is 11.6. The van der Waals surface area contributed by atoms with Gasteiger partial charge in [-0.1, -0.05) is 0 Å². The fraction of sp³-hybridized carbons (Fsp3) is 0.182. The Morgan fingerprint density at radius 3 is 2.81 bits per heavy atom. The van der Waals surface area contributed by atoms with Gasteiger partial charge in [-0.3, -0.25) is 9.78 Å². The summed E-state index contributed by atoms with van der Waals surface area (Å²) in [5.74, 6) is -0.0550. The quantitative estimate of drug-likeness (QED) is 0.882. The molecule has 2 aromatic heterocycles. The van der Waals surface area contributed by atoms with Crippen LogP contribution in [0, 0.1) is 6.92 Å². The zero-order valence-corrected chi connectivity index (χ0v) is 9.62. The fourth-order valence-corrected chi connectivity index (χ4v) is 2.03. The van der Waals surface area contributed by atoms with Crippen LogP contribution in [0.2, 0.25) is 0 Å². The van der Waals surface area contributed by atoms with Crippen molar-refractivity contribution in [1.29, 1.82) is 0 Å². The number of rotatable bonds is 3. The Balaban J connectivity index is 1.95. The number of anilines is 1. The highest BCUT2D eigenvalue weighted by molar-refractivity contribution is 7.09. The second kappa shape index (κ2) is 4.85. The van der Waals surface area contributed by atoms with E-state index in [4.69, 9.17) is 0 Å². The van der Waals surface area contributed by atoms with E-state index in [2.05, 4.69) is 15.3 Å². The lowest BCUT2D eigenvalue weighted by atomic mass is 10.3. The summed E-state index contributed by atoms with van der Waals surface area (Å²) in [5, 5.41) is 5.56. The molecule has 0 aliphatic carbocycles. The first-order valence-electron chi connectivity index (χ1n) is 4.85. The monoisotopic (exact) mass is 233 g/mol. The summed E-state index contributed by atoms with van der Waals surface area (Å²) in [7, 11) is 0. The summed E-state index contributed by atoms with van der Waals surface area (Å²) >= 11 is 1.50. The van der Waals surface area contributed by atoms with Crippen LogP contribution >= 0.6 is 11.3 Å². The molecule has 0 spiro atoms. The Morgan fingerprint density at radius 1 is 1.44 bits per heavy atom. The summed E-state index contributed by atoms with van der Waals surface area (Å²) in [6.07, 6.45) is 3.60. The second-order valence-electron chi connectivity index (χ2n) is 3.34. The van der Waals surface area contributed by atoms with E-state index >= 15 is 0 Å². The number of hydrogen-bond acceptors (Lipinski definition) is 4. The van der Waals surface area contributed by atoms with Crippen molar-refractivity contribution in [3.05, 3.63) is 40.6 Å². The van der Waals surface area contributed by atoms with Gasteiger partial charge in [-0.2, -0.15) is 0 Å². The summed E-state index contributed by atoms with van der Waals surface area (Å²) in [4.78, 5) is 19.7. The molecular formula is C11H11N3OS. The molecule has 82 valence electrons. The lowest BCUT2D eigenvalue weighted by molar-refractivity contribution is -0.115. The van der Waals surface area contributed by atoms with Crippen LogP contribution in [0.3, 0.4) is 0 Å². The molecule has 5 heteroatoms. The van der Waals surface area contributed by atoms with Crippen molar-refractivity contribution in [1.82, 2.24) is 9.97 Å². The highest BCUT2D eigenvalue weighted by atomic mass is 32.1. The average molecular weight is 233 g/mol. The minimum atomic E-state index is -0.0550. The summed E-state index contributed by atoms with van der Waals surface area (Å²) in [6.45, 7) is 1.92. The molecule has 0 saturated heterocycles. The molecule has 0 bridgehead atoms. The zero-order valence-electron chi connectivity index (χ0n) is 8.80. The SMILES string of the molecule is Cc1csc(CC(=O)Nc2ccncc2)n1. The molecule has 0 unspecified atom stereocenters. The van der Waals surface area contributed by atoms with E-state index in [-0.39, 0.29) is 5.91 Å². The molecule has 0 fully saturated rings. The average Bonchev–Trinajstić information content (AvgIpc) is 2.65. The van der Waals surface area contributed by atoms with Gasteiger partial charge >= 0.3 is 0 Å². The Kier molecular flexibility index (Phi) is 3.26. The van der Waals surface area contributed by atoms with Crippen LogP contribution in [-0.4, -0.2) is 15.9 Å². The van der Waals surface area contributed by atoms with Crippen LogP contribution in [0.15, 0.2) is 29.9 Å². The predicted molar refractivity (Wildman–Crippen MR) is 63.4 cm³/mol. The number of aryl methyl sites for hydroxylation is 1. The smallest absolute Gasteiger partial charge is 0.231 e. The minimum absolute atomic E-state index is 0.0550. The number of aromatic nitrogens is 2. The molecule has 0 aromatic carbocycles. The fourth-order valence-electron chi connectivity index (χ4n) is 1.26. The van der Waals surface area contributed by atoms with Crippen LogP contribution in [0.4, 0.5) is 5.69 Å². The third-order valence-electron chi connectivity index (χ3n) is 1.94. The molecule has 1 amide bonds. The van der Waals surface area contributed by atoms with Gasteiger partial charge < -0.3 is 5.32 Å². The molecule has 0 radical (unpaired) electrons. The van der Waals surface area contributed by atoms with E-state index in [1.165, 1.54) is 11.3 Å². The van der Waals surface area contributed by atoms with E-state index < -0.39 is 0 Å². The van der Waals surface area contributed by atoms with Crippen molar-refractivity contribution in [2.45, 2.75) is 13.3 Å². The van der Waals surface area contributed by atoms with Crippen LogP contribution in [0.25, 0.3) is 0 Å². The van der Waals surface area contributed by atoms with Gasteiger partial charge in [-0.15, -0.1) is 11.3 Å². The third kappa shape index (κ3) is 2.87. The van der Waals surface area contributed by atoms with Gasteiger partial charge in [-0.05, 0) is 19.1 Å². The van der Waals surface area contributed by atoms with E-state index in [1.807, 2.05) is 12.3 Å². The van der Waals surface area contributed by atoms with Gasteiger partial charge in [0.25, 0.3) is 0 Å². The van der Waals surface area contributed by atoms with Gasteiger partial charge in [0.2, 0.25) is 5.91 Å². The van der Waals surface area contributed by atoms with Crippen molar-refractivity contribution < 1.29 is 4.79 Å². The molecule has 0 atom stereocenters. The number of hydrogen-bond donors (Lipinski definition) is 1. The normalized spacial score (nSPS) is 10.1. The van der Waals surface area contributed by atoms with Gasteiger partial charge in [0.1, 0.15) is 5.01 Å². The van der Waals surface area contributed by atoms with E-state index in [0.717, 1.165) is 16.4 Å². The Hall–Kier alpha value is -1.75. The van der Waals surface area contributed by atoms with Gasteiger partial charge in [-0.25, -0.2) is 4.98 Å². The number of amides is 1. The van der Waals surface area contributed by atoms with E-state index in [1.54, 1.807) is 24.5 Å². The first kappa shape index (κ1) is 10.8. The maximum atomic E-state index is 11.6. The zero-order chi connectivity index (χ0) is 11.4. The van der Waals surface area contributed by atoms with Crippen LogP contribution in [0.1, 0.15) is 10.7 Å². The molecule has 2 aromatic rings. The summed E-state index contributed by atoms with van der Waals surface area (Å²) in [5.41, 5.74) is 1.71. The molecule has 0 aliphatic heterocycles. The lowest BCUT2D eigenvalue weighted by Gasteiger charge is -2.02. The number of nitrogens with one attached hydrogen (secondary N) is 1. The molecule has 1 N–H and O–H groups in total. The second-order valence-corrected chi connectivity index (χ2v) is 4.29. The van der Waals surface area contributed by atoms with Crippen LogP contribution in [-0.2, 0) is 11.2 Å². The van der Waals surface area contributed by atoms with Crippen molar-refractivity contribution >= 4 is 22.9 Å². The lowest BCUT2D eigenvalue weighted by Crippen LogP contribution is -2.14. The Bertz CT molecular complexity index is 481. The highest BCUT2D eigenvalue weighted by Gasteiger charge is 2.06. The largest absolute Gasteiger partial charge is 0.326 e. The van der Waals surface area contributed by atoms with E-state index in [0.29, 0.717) is 6.42 Å². The standard InChI is InChI=1S/C11H11N3OS/c1-8-7-16-11(13-8)6-10(15)14-9-2-4-12-5-3-9/h2-5,7H,6H2,1H3,(H,12,14,15). The van der Waals surface area contributed by atoms with Crippen molar-refractivity contribution in [3.63, 3.8) is 0 Å². The van der Waals surface area contributed by atoms with Gasteiger partial charge in [0.05, 0.1) is 6.42 Å². The topological polar surface area (TPSA) is 54.9 Å². The number of pyridine rings is 1. The molecule has 0 aliphatic rings. The molecule has 16 heavy (non-hydrogen) atoms.